The van der Waals surface area contributed by atoms with E-state index in [1.165, 1.54) is 12.1 Å². The van der Waals surface area contributed by atoms with Gasteiger partial charge in [0.05, 0.1) is 0 Å². The van der Waals surface area contributed by atoms with Gasteiger partial charge in [-0.2, -0.15) is 0 Å². The predicted molar refractivity (Wildman–Crippen MR) is 95.2 cm³/mol. The molecule has 3 rings (SSSR count). The minimum atomic E-state index is -0.282. The summed E-state index contributed by atoms with van der Waals surface area (Å²) >= 11 is 0. The third-order valence-electron chi connectivity index (χ3n) is 4.22. The summed E-state index contributed by atoms with van der Waals surface area (Å²) < 4.78 is 12.9. The molecule has 0 radical (unpaired) electrons. The fraction of sp³-hybridized carbons (Fsp3) is 0.300. The van der Waals surface area contributed by atoms with Gasteiger partial charge in [-0.25, -0.2) is 19.4 Å². The molecule has 25 heavy (non-hydrogen) atoms. The van der Waals surface area contributed by atoms with Crippen LogP contribution in [-0.2, 0) is 4.79 Å². The number of rotatable bonds is 2. The first-order chi connectivity index (χ1) is 11.9. The SMILES string of the molecule is CCN1N(c2ccc(C#Cc3ccc(F)cc3)cn2)C(=O)CC1(C)C. The van der Waals surface area contributed by atoms with Crippen molar-refractivity contribution in [2.24, 2.45) is 0 Å². The molecule has 1 aromatic carbocycles. The first kappa shape index (κ1) is 17.1. The molecule has 0 atom stereocenters. The predicted octanol–water partition coefficient (Wildman–Crippen LogP) is 3.37. The summed E-state index contributed by atoms with van der Waals surface area (Å²) in [6, 6.07) is 9.67. The number of benzene rings is 1. The minimum absolute atomic E-state index is 0.0458. The number of pyridine rings is 1. The number of carbonyl (C=O) groups excluding carboxylic acids is 1. The normalized spacial score (nSPS) is 16.6. The molecule has 0 unspecified atom stereocenters. The zero-order valence-electron chi connectivity index (χ0n) is 14.6. The summed E-state index contributed by atoms with van der Waals surface area (Å²) in [5.74, 6) is 6.34. The van der Waals surface area contributed by atoms with Gasteiger partial charge in [0, 0.05) is 35.8 Å². The van der Waals surface area contributed by atoms with Crippen molar-refractivity contribution in [2.75, 3.05) is 11.6 Å². The van der Waals surface area contributed by atoms with Crippen molar-refractivity contribution in [1.29, 1.82) is 0 Å². The summed E-state index contributed by atoms with van der Waals surface area (Å²) in [5, 5.41) is 3.68. The Labute approximate surface area is 147 Å². The molecule has 0 bridgehead atoms. The molecule has 128 valence electrons. The molecule has 1 aromatic heterocycles. The number of nitrogens with zero attached hydrogens (tertiary/aromatic N) is 3. The van der Waals surface area contributed by atoms with E-state index in [0.717, 1.165) is 17.7 Å². The number of amides is 1. The van der Waals surface area contributed by atoms with Crippen LogP contribution in [0.2, 0.25) is 0 Å². The topological polar surface area (TPSA) is 36.4 Å². The largest absolute Gasteiger partial charge is 0.273 e. The van der Waals surface area contributed by atoms with E-state index < -0.39 is 0 Å². The third-order valence-corrected chi connectivity index (χ3v) is 4.22. The summed E-state index contributed by atoms with van der Waals surface area (Å²) in [4.78, 5) is 16.8. The Kier molecular flexibility index (Phi) is 4.56. The van der Waals surface area contributed by atoms with E-state index in [-0.39, 0.29) is 17.3 Å². The standard InChI is InChI=1S/C20H20FN3O/c1-4-23-20(2,3)13-19(25)24(23)18-12-9-16(14-22-18)6-5-15-7-10-17(21)11-8-15/h7-12,14H,4,13H2,1-3H3. The van der Waals surface area contributed by atoms with Crippen LogP contribution in [0.15, 0.2) is 42.6 Å². The molecule has 0 saturated carbocycles. The number of aromatic nitrogens is 1. The van der Waals surface area contributed by atoms with E-state index in [2.05, 4.69) is 30.7 Å². The molecule has 1 amide bonds. The fourth-order valence-corrected chi connectivity index (χ4v) is 3.03. The van der Waals surface area contributed by atoms with Gasteiger partial charge in [0.2, 0.25) is 5.91 Å². The van der Waals surface area contributed by atoms with E-state index >= 15 is 0 Å². The molecule has 2 heterocycles. The number of hydrogen-bond donors (Lipinski definition) is 0. The Morgan fingerprint density at radius 1 is 1.12 bits per heavy atom. The van der Waals surface area contributed by atoms with Crippen LogP contribution < -0.4 is 5.01 Å². The van der Waals surface area contributed by atoms with E-state index in [1.54, 1.807) is 29.4 Å². The van der Waals surface area contributed by atoms with Crippen molar-refractivity contribution in [3.8, 4) is 11.8 Å². The van der Waals surface area contributed by atoms with Crippen LogP contribution >= 0.6 is 0 Å². The quantitative estimate of drug-likeness (QED) is 0.789. The lowest BCUT2D eigenvalue weighted by Crippen LogP contribution is -2.47. The molecule has 4 nitrogen and oxygen atoms in total. The Bertz CT molecular complexity index is 832. The maximum absolute atomic E-state index is 12.9. The minimum Gasteiger partial charge on any atom is -0.273 e. The Morgan fingerprint density at radius 3 is 2.36 bits per heavy atom. The molecule has 1 aliphatic heterocycles. The molecule has 1 fully saturated rings. The molecule has 2 aromatic rings. The Balaban J connectivity index is 1.81. The third kappa shape index (κ3) is 3.54. The molecule has 1 aliphatic rings. The van der Waals surface area contributed by atoms with Crippen molar-refractivity contribution < 1.29 is 9.18 Å². The van der Waals surface area contributed by atoms with Gasteiger partial charge in [0.1, 0.15) is 11.6 Å². The molecule has 1 saturated heterocycles. The van der Waals surface area contributed by atoms with Crippen molar-refractivity contribution >= 4 is 11.7 Å². The van der Waals surface area contributed by atoms with Crippen LogP contribution in [0.1, 0.15) is 38.3 Å². The summed E-state index contributed by atoms with van der Waals surface area (Å²) in [6.07, 6.45) is 2.12. The van der Waals surface area contributed by atoms with Gasteiger partial charge in [0.15, 0.2) is 0 Å². The summed E-state index contributed by atoms with van der Waals surface area (Å²) in [7, 11) is 0. The van der Waals surface area contributed by atoms with Gasteiger partial charge in [0.25, 0.3) is 0 Å². The van der Waals surface area contributed by atoms with Crippen LogP contribution in [-0.4, -0.2) is 28.0 Å². The van der Waals surface area contributed by atoms with Gasteiger partial charge in [-0.1, -0.05) is 18.8 Å². The maximum Gasteiger partial charge on any atom is 0.244 e. The van der Waals surface area contributed by atoms with Gasteiger partial charge in [-0.15, -0.1) is 0 Å². The molecule has 0 N–H and O–H groups in total. The van der Waals surface area contributed by atoms with E-state index in [0.29, 0.717) is 12.2 Å². The highest BCUT2D eigenvalue weighted by Gasteiger charge is 2.43. The number of carbonyl (C=O) groups is 1. The molecule has 0 aliphatic carbocycles. The number of halogens is 1. The zero-order valence-corrected chi connectivity index (χ0v) is 14.6. The first-order valence-corrected chi connectivity index (χ1v) is 8.25. The van der Waals surface area contributed by atoms with Crippen molar-refractivity contribution in [3.63, 3.8) is 0 Å². The van der Waals surface area contributed by atoms with Gasteiger partial charge < -0.3 is 0 Å². The first-order valence-electron chi connectivity index (χ1n) is 8.25. The Hall–Kier alpha value is -2.71. The van der Waals surface area contributed by atoms with E-state index in [9.17, 15) is 9.18 Å². The second-order valence-electron chi connectivity index (χ2n) is 6.57. The van der Waals surface area contributed by atoms with Crippen LogP contribution in [0.3, 0.4) is 0 Å². The van der Waals surface area contributed by atoms with Crippen molar-refractivity contribution in [2.45, 2.75) is 32.7 Å². The van der Waals surface area contributed by atoms with Crippen LogP contribution in [0.5, 0.6) is 0 Å². The summed E-state index contributed by atoms with van der Waals surface area (Å²) in [6.45, 7) is 6.86. The smallest absolute Gasteiger partial charge is 0.244 e. The maximum atomic E-state index is 12.9. The van der Waals surface area contributed by atoms with Crippen LogP contribution in [0, 0.1) is 17.7 Å². The van der Waals surface area contributed by atoms with Crippen LogP contribution in [0.4, 0.5) is 10.2 Å². The van der Waals surface area contributed by atoms with Gasteiger partial charge in [-0.05, 0) is 50.2 Å². The molecule has 5 heteroatoms. The zero-order chi connectivity index (χ0) is 18.0. The van der Waals surface area contributed by atoms with Crippen molar-refractivity contribution in [3.05, 3.63) is 59.5 Å². The highest BCUT2D eigenvalue weighted by molar-refractivity contribution is 5.94. The fourth-order valence-electron chi connectivity index (χ4n) is 3.03. The average molecular weight is 337 g/mol. The van der Waals surface area contributed by atoms with Crippen LogP contribution in [0.25, 0.3) is 0 Å². The molecule has 0 spiro atoms. The molecular weight excluding hydrogens is 317 g/mol. The highest BCUT2D eigenvalue weighted by Crippen LogP contribution is 2.32. The Morgan fingerprint density at radius 2 is 1.76 bits per heavy atom. The van der Waals surface area contributed by atoms with Gasteiger partial charge >= 0.3 is 0 Å². The van der Waals surface area contributed by atoms with Crippen molar-refractivity contribution in [1.82, 2.24) is 9.99 Å². The lowest BCUT2D eigenvalue weighted by atomic mass is 10.0. The highest BCUT2D eigenvalue weighted by atomic mass is 19.1. The lowest BCUT2D eigenvalue weighted by molar-refractivity contribution is -0.118. The molecular formula is C20H20FN3O. The monoisotopic (exact) mass is 337 g/mol. The summed E-state index contributed by atoms with van der Waals surface area (Å²) in [5.41, 5.74) is 1.26. The number of hydrazine groups is 1. The number of hydrogen-bond acceptors (Lipinski definition) is 3. The average Bonchev–Trinajstić information content (AvgIpc) is 2.82. The van der Waals surface area contributed by atoms with Gasteiger partial charge in [-0.3, -0.25) is 4.79 Å². The second-order valence-corrected chi connectivity index (χ2v) is 6.57. The van der Waals surface area contributed by atoms with E-state index in [1.807, 2.05) is 18.0 Å². The lowest BCUT2D eigenvalue weighted by Gasteiger charge is -2.34. The number of anilines is 1. The second kappa shape index (κ2) is 6.66. The van der Waals surface area contributed by atoms with E-state index in [4.69, 9.17) is 0 Å².